The molecule has 3 amide bonds. The van der Waals surface area contributed by atoms with Crippen molar-refractivity contribution in [3.63, 3.8) is 0 Å². The van der Waals surface area contributed by atoms with Crippen molar-refractivity contribution in [2.75, 3.05) is 25.0 Å². The van der Waals surface area contributed by atoms with E-state index in [-0.39, 0.29) is 12.5 Å². The van der Waals surface area contributed by atoms with Crippen LogP contribution in [0.3, 0.4) is 0 Å². The van der Waals surface area contributed by atoms with Gasteiger partial charge in [-0.3, -0.25) is 14.4 Å². The first-order valence-electron chi connectivity index (χ1n) is 8.90. The number of nitrogens with zero attached hydrogens (tertiary/aromatic N) is 1. The molecule has 1 atom stereocenters. The minimum atomic E-state index is -1.69. The van der Waals surface area contributed by atoms with Crippen LogP contribution in [0, 0.1) is 23.4 Å². The summed E-state index contributed by atoms with van der Waals surface area (Å²) in [5.74, 6) is -6.37. The summed E-state index contributed by atoms with van der Waals surface area (Å²) in [6.45, 7) is 0.324. The SMILES string of the molecule is O=C(CNC(=O)[C@@H]1CCCN(C(=O)c2cccs2)C1)Nc1ccc(F)c(F)c1F. The van der Waals surface area contributed by atoms with Crippen molar-refractivity contribution < 1.29 is 27.6 Å². The van der Waals surface area contributed by atoms with Crippen LogP contribution in [-0.4, -0.2) is 42.3 Å². The molecule has 0 bridgehead atoms. The Balaban J connectivity index is 1.51. The van der Waals surface area contributed by atoms with Gasteiger partial charge in [0.2, 0.25) is 11.8 Å². The van der Waals surface area contributed by atoms with Gasteiger partial charge in [0.15, 0.2) is 17.5 Å². The standard InChI is InChI=1S/C19H18F3N3O3S/c20-12-5-6-13(17(22)16(12)21)24-15(26)9-23-18(27)11-3-1-7-25(10-11)19(28)14-4-2-8-29-14/h2,4-6,8,11H,1,3,7,9-10H2,(H,23,27)(H,24,26)/t11-/m1/s1. The first-order chi connectivity index (χ1) is 13.9. The summed E-state index contributed by atoms with van der Waals surface area (Å²) < 4.78 is 39.7. The molecule has 0 aliphatic carbocycles. The van der Waals surface area contributed by atoms with E-state index >= 15 is 0 Å². The first-order valence-corrected chi connectivity index (χ1v) is 9.78. The fraction of sp³-hybridized carbons (Fsp3) is 0.316. The molecule has 29 heavy (non-hydrogen) atoms. The highest BCUT2D eigenvalue weighted by atomic mass is 32.1. The van der Waals surface area contributed by atoms with Crippen LogP contribution in [0.1, 0.15) is 22.5 Å². The third kappa shape index (κ3) is 4.94. The minimum Gasteiger partial charge on any atom is -0.347 e. The Hall–Kier alpha value is -2.88. The maximum Gasteiger partial charge on any atom is 0.263 e. The highest BCUT2D eigenvalue weighted by molar-refractivity contribution is 7.12. The Morgan fingerprint density at radius 2 is 1.93 bits per heavy atom. The predicted octanol–water partition coefficient (Wildman–Crippen LogP) is 2.77. The number of nitrogens with one attached hydrogen (secondary N) is 2. The van der Waals surface area contributed by atoms with Crippen LogP contribution in [0.2, 0.25) is 0 Å². The maximum atomic E-state index is 13.6. The summed E-state index contributed by atoms with van der Waals surface area (Å²) in [5, 5.41) is 6.32. The van der Waals surface area contributed by atoms with E-state index < -0.39 is 47.4 Å². The van der Waals surface area contributed by atoms with Gasteiger partial charge in [-0.2, -0.15) is 0 Å². The molecule has 0 radical (unpaired) electrons. The second-order valence-electron chi connectivity index (χ2n) is 6.56. The zero-order valence-electron chi connectivity index (χ0n) is 15.2. The molecule has 1 aromatic heterocycles. The van der Waals surface area contributed by atoms with E-state index in [9.17, 15) is 27.6 Å². The zero-order valence-corrected chi connectivity index (χ0v) is 16.0. The van der Waals surface area contributed by atoms with Crippen molar-refractivity contribution in [2.45, 2.75) is 12.8 Å². The number of carbonyl (C=O) groups excluding carboxylic acids is 3. The Labute approximate surface area is 168 Å². The fourth-order valence-electron chi connectivity index (χ4n) is 3.06. The molecule has 10 heteroatoms. The van der Waals surface area contributed by atoms with Crippen LogP contribution in [0.25, 0.3) is 0 Å². The highest BCUT2D eigenvalue weighted by Crippen LogP contribution is 2.21. The summed E-state index contributed by atoms with van der Waals surface area (Å²) in [4.78, 5) is 38.9. The lowest BCUT2D eigenvalue weighted by Crippen LogP contribution is -2.46. The van der Waals surface area contributed by atoms with Gasteiger partial charge in [-0.25, -0.2) is 13.2 Å². The zero-order chi connectivity index (χ0) is 21.0. The van der Waals surface area contributed by atoms with E-state index in [0.29, 0.717) is 30.3 Å². The van der Waals surface area contributed by atoms with Gasteiger partial charge in [-0.1, -0.05) is 6.07 Å². The van der Waals surface area contributed by atoms with Crippen molar-refractivity contribution in [3.05, 3.63) is 52.0 Å². The minimum absolute atomic E-state index is 0.135. The van der Waals surface area contributed by atoms with E-state index in [1.54, 1.807) is 22.4 Å². The number of piperidine rings is 1. The average molecular weight is 425 g/mol. The molecule has 1 aliphatic rings. The third-order valence-corrected chi connectivity index (χ3v) is 5.40. The lowest BCUT2D eigenvalue weighted by atomic mass is 9.97. The quantitative estimate of drug-likeness (QED) is 0.724. The summed E-state index contributed by atoms with van der Waals surface area (Å²) in [6, 6.07) is 5.08. The van der Waals surface area contributed by atoms with Gasteiger partial charge in [0.05, 0.1) is 23.0 Å². The molecule has 2 heterocycles. The van der Waals surface area contributed by atoms with Gasteiger partial charge >= 0.3 is 0 Å². The van der Waals surface area contributed by atoms with Crippen LogP contribution in [0.5, 0.6) is 0 Å². The van der Waals surface area contributed by atoms with Gasteiger partial charge < -0.3 is 15.5 Å². The van der Waals surface area contributed by atoms with E-state index in [1.807, 2.05) is 0 Å². The summed E-state index contributed by atoms with van der Waals surface area (Å²) >= 11 is 1.33. The maximum absolute atomic E-state index is 13.6. The number of halogens is 3. The van der Waals surface area contributed by atoms with Crippen LogP contribution in [0.15, 0.2) is 29.6 Å². The summed E-state index contributed by atoms with van der Waals surface area (Å²) in [6.07, 6.45) is 1.22. The molecule has 0 spiro atoms. The predicted molar refractivity (Wildman–Crippen MR) is 101 cm³/mol. The molecular formula is C19H18F3N3O3S. The molecule has 154 valence electrons. The van der Waals surface area contributed by atoms with Gasteiger partial charge in [-0.15, -0.1) is 11.3 Å². The van der Waals surface area contributed by atoms with Gasteiger partial charge in [0, 0.05) is 13.1 Å². The van der Waals surface area contributed by atoms with Crippen LogP contribution in [0.4, 0.5) is 18.9 Å². The topological polar surface area (TPSA) is 78.5 Å². The molecular weight excluding hydrogens is 407 g/mol. The second kappa shape index (κ2) is 9.08. The lowest BCUT2D eigenvalue weighted by Gasteiger charge is -2.31. The van der Waals surface area contributed by atoms with Gasteiger partial charge in [-0.05, 0) is 36.4 Å². The number of rotatable bonds is 5. The van der Waals surface area contributed by atoms with Gasteiger partial charge in [0.1, 0.15) is 0 Å². The van der Waals surface area contributed by atoms with Crippen LogP contribution in [-0.2, 0) is 9.59 Å². The molecule has 0 unspecified atom stereocenters. The summed E-state index contributed by atoms with van der Waals surface area (Å²) in [7, 11) is 0. The number of hydrogen-bond acceptors (Lipinski definition) is 4. The van der Waals surface area contributed by atoms with Crippen LogP contribution >= 0.6 is 11.3 Å². The van der Waals surface area contributed by atoms with Crippen molar-refractivity contribution >= 4 is 34.7 Å². The highest BCUT2D eigenvalue weighted by Gasteiger charge is 2.29. The van der Waals surface area contributed by atoms with E-state index in [0.717, 1.165) is 6.07 Å². The first kappa shape index (κ1) is 20.8. The molecule has 3 rings (SSSR count). The Bertz CT molecular complexity index is 921. The Morgan fingerprint density at radius 1 is 1.14 bits per heavy atom. The number of likely N-dealkylation sites (tertiary alicyclic amines) is 1. The van der Waals surface area contributed by atoms with Gasteiger partial charge in [0.25, 0.3) is 5.91 Å². The molecule has 6 nitrogen and oxygen atoms in total. The summed E-state index contributed by atoms with van der Waals surface area (Å²) in [5.41, 5.74) is -0.520. The van der Waals surface area contributed by atoms with Crippen molar-refractivity contribution in [2.24, 2.45) is 5.92 Å². The molecule has 0 saturated carbocycles. The molecule has 1 fully saturated rings. The van der Waals surface area contributed by atoms with Crippen molar-refractivity contribution in [1.29, 1.82) is 0 Å². The number of carbonyl (C=O) groups is 3. The normalized spacial score (nSPS) is 16.4. The fourth-order valence-corrected chi connectivity index (χ4v) is 3.75. The molecule has 2 N–H and O–H groups in total. The molecule has 1 aromatic carbocycles. The second-order valence-corrected chi connectivity index (χ2v) is 7.50. The number of thiophene rings is 1. The molecule has 2 aromatic rings. The lowest BCUT2D eigenvalue weighted by molar-refractivity contribution is -0.128. The average Bonchev–Trinajstić information content (AvgIpc) is 3.27. The van der Waals surface area contributed by atoms with E-state index in [1.165, 1.54) is 11.3 Å². The Morgan fingerprint density at radius 3 is 2.66 bits per heavy atom. The Kier molecular flexibility index (Phi) is 6.53. The van der Waals surface area contributed by atoms with Crippen molar-refractivity contribution in [1.82, 2.24) is 10.2 Å². The number of anilines is 1. The number of benzene rings is 1. The van der Waals surface area contributed by atoms with E-state index in [4.69, 9.17) is 0 Å². The number of amides is 3. The number of hydrogen-bond donors (Lipinski definition) is 2. The van der Waals surface area contributed by atoms with E-state index in [2.05, 4.69) is 10.6 Å². The smallest absolute Gasteiger partial charge is 0.263 e. The largest absolute Gasteiger partial charge is 0.347 e. The third-order valence-electron chi connectivity index (χ3n) is 4.54. The molecule has 1 aliphatic heterocycles. The molecule has 1 saturated heterocycles. The van der Waals surface area contributed by atoms with Crippen LogP contribution < -0.4 is 10.6 Å². The monoisotopic (exact) mass is 425 g/mol. The van der Waals surface area contributed by atoms with Crippen molar-refractivity contribution in [3.8, 4) is 0 Å².